The van der Waals surface area contributed by atoms with E-state index in [-0.39, 0.29) is 16.6 Å². The summed E-state index contributed by atoms with van der Waals surface area (Å²) in [5.74, 6) is -0.535. The van der Waals surface area contributed by atoms with E-state index >= 15 is 0 Å². The first kappa shape index (κ1) is 24.9. The molecule has 3 aromatic rings. The maximum atomic E-state index is 13.3. The minimum Gasteiger partial charge on any atom is -0.369 e. The number of rotatable bonds is 7. The number of carbonyl (C=O) groups is 1. The second-order valence-electron chi connectivity index (χ2n) is 8.73. The third kappa shape index (κ3) is 5.71. The minimum absolute atomic E-state index is 0.110. The molecule has 1 aliphatic heterocycles. The van der Waals surface area contributed by atoms with Gasteiger partial charge in [-0.2, -0.15) is 4.31 Å². The van der Waals surface area contributed by atoms with Crippen LogP contribution >= 0.6 is 0 Å². The van der Waals surface area contributed by atoms with E-state index in [2.05, 4.69) is 19.1 Å². The summed E-state index contributed by atoms with van der Waals surface area (Å²) in [5, 5.41) is 0. The molecule has 1 aliphatic rings. The number of sulfonamides is 1. The Balaban J connectivity index is 1.43. The highest BCUT2D eigenvalue weighted by molar-refractivity contribution is 7.89. The molecule has 1 heterocycles. The summed E-state index contributed by atoms with van der Waals surface area (Å²) >= 11 is 0. The SMILES string of the molecule is CCc1ccc(CN(C)C(=O)c2cccc(S(=O)(=O)N3CCN(c4ccc(F)cc4)CC3)c2)cc1. The van der Waals surface area contributed by atoms with Crippen molar-refractivity contribution in [3.05, 3.63) is 95.3 Å². The molecule has 8 heteroatoms. The first-order valence-corrected chi connectivity index (χ1v) is 13.2. The number of aryl methyl sites for hydroxylation is 1. The third-order valence-electron chi connectivity index (χ3n) is 6.35. The van der Waals surface area contributed by atoms with Gasteiger partial charge in [0.15, 0.2) is 0 Å². The smallest absolute Gasteiger partial charge is 0.253 e. The highest BCUT2D eigenvalue weighted by Crippen LogP contribution is 2.23. The van der Waals surface area contributed by atoms with Crippen molar-refractivity contribution in [1.29, 1.82) is 0 Å². The molecule has 0 radical (unpaired) electrons. The van der Waals surface area contributed by atoms with Gasteiger partial charge in [0.1, 0.15) is 5.82 Å². The molecule has 0 N–H and O–H groups in total. The minimum atomic E-state index is -3.75. The lowest BCUT2D eigenvalue weighted by Gasteiger charge is -2.35. The Bertz CT molecular complexity index is 1270. The van der Waals surface area contributed by atoms with E-state index in [1.54, 1.807) is 36.2 Å². The lowest BCUT2D eigenvalue weighted by atomic mass is 10.1. The zero-order valence-corrected chi connectivity index (χ0v) is 20.8. The zero-order chi connectivity index (χ0) is 25.0. The van der Waals surface area contributed by atoms with Crippen LogP contribution in [0, 0.1) is 5.82 Å². The molecule has 184 valence electrons. The molecule has 0 aromatic heterocycles. The normalized spacial score (nSPS) is 14.7. The number of hydrogen-bond acceptors (Lipinski definition) is 4. The molecule has 3 aromatic carbocycles. The average molecular weight is 496 g/mol. The predicted molar refractivity (Wildman–Crippen MR) is 135 cm³/mol. The Morgan fingerprint density at radius 2 is 1.54 bits per heavy atom. The maximum absolute atomic E-state index is 13.3. The molecule has 1 saturated heterocycles. The Labute approximate surface area is 206 Å². The van der Waals surface area contributed by atoms with Gasteiger partial charge in [0, 0.05) is 51.0 Å². The Morgan fingerprint density at radius 3 is 2.17 bits per heavy atom. The van der Waals surface area contributed by atoms with Crippen LogP contribution in [0.4, 0.5) is 10.1 Å². The summed E-state index contributed by atoms with van der Waals surface area (Å²) in [5.41, 5.74) is 3.45. The van der Waals surface area contributed by atoms with Crippen molar-refractivity contribution < 1.29 is 17.6 Å². The molecule has 1 amide bonds. The Morgan fingerprint density at radius 1 is 0.914 bits per heavy atom. The van der Waals surface area contributed by atoms with Gasteiger partial charge in [0.2, 0.25) is 10.0 Å². The van der Waals surface area contributed by atoms with Gasteiger partial charge < -0.3 is 9.80 Å². The van der Waals surface area contributed by atoms with Gasteiger partial charge in [-0.3, -0.25) is 4.79 Å². The predicted octanol–water partition coefficient (Wildman–Crippen LogP) is 4.17. The molecule has 0 spiro atoms. The highest BCUT2D eigenvalue weighted by atomic mass is 32.2. The van der Waals surface area contributed by atoms with Crippen LogP contribution in [-0.4, -0.2) is 56.8 Å². The monoisotopic (exact) mass is 495 g/mol. The fraction of sp³-hybridized carbons (Fsp3) is 0.296. The number of halogens is 1. The van der Waals surface area contributed by atoms with Crippen molar-refractivity contribution in [2.75, 3.05) is 38.1 Å². The summed E-state index contributed by atoms with van der Waals surface area (Å²) in [6, 6.07) is 20.6. The molecule has 0 atom stereocenters. The number of benzene rings is 3. The van der Waals surface area contributed by atoms with E-state index < -0.39 is 10.0 Å². The van der Waals surface area contributed by atoms with E-state index in [0.717, 1.165) is 17.7 Å². The zero-order valence-electron chi connectivity index (χ0n) is 20.0. The van der Waals surface area contributed by atoms with Gasteiger partial charge in [-0.25, -0.2) is 12.8 Å². The largest absolute Gasteiger partial charge is 0.369 e. The fourth-order valence-corrected chi connectivity index (χ4v) is 5.69. The summed E-state index contributed by atoms with van der Waals surface area (Å²) in [6.07, 6.45) is 0.956. The molecule has 0 saturated carbocycles. The van der Waals surface area contributed by atoms with Crippen molar-refractivity contribution >= 4 is 21.6 Å². The molecular weight excluding hydrogens is 465 g/mol. The molecule has 4 rings (SSSR count). The molecular formula is C27H30FN3O3S. The van der Waals surface area contributed by atoms with Crippen LogP contribution in [0.3, 0.4) is 0 Å². The number of hydrogen-bond donors (Lipinski definition) is 0. The molecule has 6 nitrogen and oxygen atoms in total. The third-order valence-corrected chi connectivity index (χ3v) is 8.24. The van der Waals surface area contributed by atoms with Crippen molar-refractivity contribution in [2.45, 2.75) is 24.8 Å². The van der Waals surface area contributed by atoms with Crippen molar-refractivity contribution in [2.24, 2.45) is 0 Å². The van der Waals surface area contributed by atoms with Crippen molar-refractivity contribution in [3.63, 3.8) is 0 Å². The Hall–Kier alpha value is -3.23. The van der Waals surface area contributed by atoms with E-state index in [1.807, 2.05) is 17.0 Å². The number of piperazine rings is 1. The van der Waals surface area contributed by atoms with Gasteiger partial charge in [0.25, 0.3) is 5.91 Å². The van der Waals surface area contributed by atoms with Gasteiger partial charge in [-0.1, -0.05) is 37.3 Å². The molecule has 0 bridgehead atoms. The fourth-order valence-electron chi connectivity index (χ4n) is 4.22. The van der Waals surface area contributed by atoms with Crippen molar-refractivity contribution in [1.82, 2.24) is 9.21 Å². The molecule has 0 aliphatic carbocycles. The van der Waals surface area contributed by atoms with E-state index in [1.165, 1.54) is 34.1 Å². The molecule has 0 unspecified atom stereocenters. The van der Waals surface area contributed by atoms with E-state index in [0.29, 0.717) is 38.3 Å². The number of anilines is 1. The van der Waals surface area contributed by atoms with Gasteiger partial charge in [0.05, 0.1) is 4.90 Å². The van der Waals surface area contributed by atoms with Crippen LogP contribution in [0.15, 0.2) is 77.7 Å². The highest BCUT2D eigenvalue weighted by Gasteiger charge is 2.29. The van der Waals surface area contributed by atoms with Crippen LogP contribution in [0.1, 0.15) is 28.4 Å². The maximum Gasteiger partial charge on any atom is 0.253 e. The van der Waals surface area contributed by atoms with Crippen LogP contribution < -0.4 is 4.90 Å². The Kier molecular flexibility index (Phi) is 7.52. The van der Waals surface area contributed by atoms with Crippen LogP contribution in [0.5, 0.6) is 0 Å². The summed E-state index contributed by atoms with van der Waals surface area (Å²) < 4.78 is 41.3. The molecule has 35 heavy (non-hydrogen) atoms. The van der Waals surface area contributed by atoms with E-state index in [4.69, 9.17) is 0 Å². The van der Waals surface area contributed by atoms with Gasteiger partial charge >= 0.3 is 0 Å². The van der Waals surface area contributed by atoms with Gasteiger partial charge in [-0.15, -0.1) is 0 Å². The lowest BCUT2D eigenvalue weighted by Crippen LogP contribution is -2.48. The first-order chi connectivity index (χ1) is 16.8. The lowest BCUT2D eigenvalue weighted by molar-refractivity contribution is 0.0785. The summed E-state index contributed by atoms with van der Waals surface area (Å²) in [4.78, 5) is 16.8. The second-order valence-corrected chi connectivity index (χ2v) is 10.7. The number of nitrogens with zero attached hydrogens (tertiary/aromatic N) is 3. The topological polar surface area (TPSA) is 60.9 Å². The van der Waals surface area contributed by atoms with E-state index in [9.17, 15) is 17.6 Å². The standard InChI is InChI=1S/C27H30FN3O3S/c1-3-21-7-9-22(10-8-21)20-29(2)27(32)23-5-4-6-26(19-23)35(33,34)31-17-15-30(16-18-31)25-13-11-24(28)12-14-25/h4-14,19H,3,15-18,20H2,1-2H3. The first-order valence-electron chi connectivity index (χ1n) is 11.7. The van der Waals surface area contributed by atoms with Crippen molar-refractivity contribution in [3.8, 4) is 0 Å². The second kappa shape index (κ2) is 10.6. The van der Waals surface area contributed by atoms with Crippen LogP contribution in [0.25, 0.3) is 0 Å². The van der Waals surface area contributed by atoms with Crippen LogP contribution in [0.2, 0.25) is 0 Å². The van der Waals surface area contributed by atoms with Crippen LogP contribution in [-0.2, 0) is 23.0 Å². The number of carbonyl (C=O) groups excluding carboxylic acids is 1. The summed E-state index contributed by atoms with van der Waals surface area (Å²) in [6.45, 7) is 4.16. The quantitative estimate of drug-likeness (QED) is 0.494. The van der Waals surface area contributed by atoms with Gasteiger partial charge in [-0.05, 0) is 60.0 Å². The average Bonchev–Trinajstić information content (AvgIpc) is 2.89. The number of amides is 1. The summed E-state index contributed by atoms with van der Waals surface area (Å²) in [7, 11) is -2.03. The molecule has 1 fully saturated rings.